The van der Waals surface area contributed by atoms with E-state index in [1.807, 2.05) is 11.8 Å². The van der Waals surface area contributed by atoms with Crippen molar-refractivity contribution in [3.05, 3.63) is 0 Å². The second-order valence-electron chi connectivity index (χ2n) is 4.58. The maximum absolute atomic E-state index is 4.58. The maximum atomic E-state index is 4.58. The van der Waals surface area contributed by atoms with E-state index in [-0.39, 0.29) is 0 Å². The minimum atomic E-state index is 0.618. The van der Waals surface area contributed by atoms with Gasteiger partial charge in [0.2, 0.25) is 0 Å². The summed E-state index contributed by atoms with van der Waals surface area (Å²) in [5.74, 6) is 0.726. The van der Waals surface area contributed by atoms with Crippen molar-refractivity contribution < 1.29 is 0 Å². The number of nitrogens with one attached hydrogen (secondary N) is 1. The first-order valence-electron chi connectivity index (χ1n) is 6.15. The van der Waals surface area contributed by atoms with Gasteiger partial charge in [-0.1, -0.05) is 45.9 Å². The fourth-order valence-corrected chi connectivity index (χ4v) is 2.81. The highest BCUT2D eigenvalue weighted by atomic mass is 32.2. The number of thioether (sulfide) groups is 1. The van der Waals surface area contributed by atoms with Crippen molar-refractivity contribution in [3.8, 4) is 0 Å². The highest BCUT2D eigenvalue weighted by molar-refractivity contribution is 8.14. The summed E-state index contributed by atoms with van der Waals surface area (Å²) < 4.78 is 0. The molecule has 1 N–H and O–H groups in total. The van der Waals surface area contributed by atoms with Crippen LogP contribution in [0.5, 0.6) is 0 Å². The van der Waals surface area contributed by atoms with Gasteiger partial charge in [0.15, 0.2) is 5.17 Å². The van der Waals surface area contributed by atoms with Crippen molar-refractivity contribution in [1.29, 1.82) is 0 Å². The lowest BCUT2D eigenvalue weighted by Crippen LogP contribution is -2.32. The van der Waals surface area contributed by atoms with Crippen molar-refractivity contribution in [1.82, 2.24) is 5.32 Å². The van der Waals surface area contributed by atoms with Crippen molar-refractivity contribution in [2.45, 2.75) is 58.2 Å². The molecule has 0 bridgehead atoms. The Hall–Kier alpha value is -0.180. The van der Waals surface area contributed by atoms with E-state index in [9.17, 15) is 0 Å². The lowest BCUT2D eigenvalue weighted by atomic mass is 10.1. The zero-order valence-corrected chi connectivity index (χ0v) is 11.2. The first kappa shape index (κ1) is 12.9. The zero-order chi connectivity index (χ0) is 11.3. The molecule has 0 spiro atoms. The minimum absolute atomic E-state index is 0.618. The van der Waals surface area contributed by atoms with Crippen molar-refractivity contribution in [3.63, 3.8) is 0 Å². The molecule has 0 fully saturated rings. The second-order valence-corrected chi connectivity index (χ2v) is 5.81. The van der Waals surface area contributed by atoms with Crippen LogP contribution in [0, 0.1) is 5.92 Å². The Kier molecular flexibility index (Phi) is 5.51. The summed E-state index contributed by atoms with van der Waals surface area (Å²) in [5, 5.41) is 5.43. The lowest BCUT2D eigenvalue weighted by Gasteiger charge is -2.18. The van der Waals surface area contributed by atoms with E-state index in [0.717, 1.165) is 12.5 Å². The van der Waals surface area contributed by atoms with Crippen LogP contribution < -0.4 is 5.32 Å². The zero-order valence-electron chi connectivity index (χ0n) is 10.4. The van der Waals surface area contributed by atoms with E-state index in [0.29, 0.717) is 11.3 Å². The van der Waals surface area contributed by atoms with Gasteiger partial charge in [-0.2, -0.15) is 0 Å². The molecule has 88 valence electrons. The lowest BCUT2D eigenvalue weighted by molar-refractivity contribution is 0.539. The molecule has 0 aromatic carbocycles. The summed E-state index contributed by atoms with van der Waals surface area (Å²) in [5.41, 5.74) is 0. The first-order chi connectivity index (χ1) is 7.17. The molecular formula is C12H24N2S. The van der Waals surface area contributed by atoms with E-state index in [1.54, 1.807) is 0 Å². The molecule has 1 rings (SSSR count). The van der Waals surface area contributed by atoms with Gasteiger partial charge < -0.3 is 5.32 Å². The van der Waals surface area contributed by atoms with E-state index in [2.05, 4.69) is 38.0 Å². The van der Waals surface area contributed by atoms with Crippen LogP contribution in [0.1, 0.15) is 47.0 Å². The summed E-state index contributed by atoms with van der Waals surface area (Å²) in [6, 6.07) is 0.618. The second kappa shape index (κ2) is 6.41. The summed E-state index contributed by atoms with van der Waals surface area (Å²) in [4.78, 5) is 4.58. The number of amidine groups is 1. The maximum Gasteiger partial charge on any atom is 0.157 e. The molecule has 0 amide bonds. The predicted molar refractivity (Wildman–Crippen MR) is 70.6 cm³/mol. The van der Waals surface area contributed by atoms with E-state index in [1.165, 1.54) is 24.4 Å². The van der Waals surface area contributed by atoms with E-state index < -0.39 is 0 Å². The molecule has 0 saturated heterocycles. The SMILES string of the molecule is CCCC(CC)NC1=NCC(C(C)C)S1. The Labute approximate surface area is 98.3 Å². The molecule has 1 aliphatic heterocycles. The monoisotopic (exact) mass is 228 g/mol. The highest BCUT2D eigenvalue weighted by Crippen LogP contribution is 2.26. The highest BCUT2D eigenvalue weighted by Gasteiger charge is 2.23. The smallest absolute Gasteiger partial charge is 0.157 e. The fraction of sp³-hybridized carbons (Fsp3) is 0.917. The Balaban J connectivity index is 2.34. The van der Waals surface area contributed by atoms with E-state index >= 15 is 0 Å². The third-order valence-electron chi connectivity index (χ3n) is 2.88. The Morgan fingerprint density at radius 3 is 2.67 bits per heavy atom. The van der Waals surface area contributed by atoms with Gasteiger partial charge in [0, 0.05) is 11.3 Å². The molecule has 1 heterocycles. The number of hydrogen-bond acceptors (Lipinski definition) is 3. The third-order valence-corrected chi connectivity index (χ3v) is 4.35. The normalized spacial score (nSPS) is 23.0. The molecule has 3 heteroatoms. The Bertz CT molecular complexity index is 214. The summed E-state index contributed by atoms with van der Waals surface area (Å²) in [6.45, 7) is 10.0. The van der Waals surface area contributed by atoms with Gasteiger partial charge in [0.25, 0.3) is 0 Å². The van der Waals surface area contributed by atoms with Gasteiger partial charge in [-0.3, -0.25) is 4.99 Å². The third kappa shape index (κ3) is 4.06. The van der Waals surface area contributed by atoms with Gasteiger partial charge in [-0.15, -0.1) is 0 Å². The fourth-order valence-electron chi connectivity index (χ4n) is 1.72. The molecule has 0 saturated carbocycles. The van der Waals surface area contributed by atoms with Crippen LogP contribution in [0.4, 0.5) is 0 Å². The molecule has 0 aliphatic carbocycles. The van der Waals surface area contributed by atoms with Gasteiger partial charge in [-0.05, 0) is 18.8 Å². The van der Waals surface area contributed by atoms with E-state index in [4.69, 9.17) is 0 Å². The van der Waals surface area contributed by atoms with Crippen LogP contribution in [0.3, 0.4) is 0 Å². The number of rotatable bonds is 5. The molecule has 2 atom stereocenters. The molecule has 0 aromatic heterocycles. The molecule has 15 heavy (non-hydrogen) atoms. The number of hydrogen-bond donors (Lipinski definition) is 1. The van der Waals surface area contributed by atoms with Crippen LogP contribution in [0.2, 0.25) is 0 Å². The Morgan fingerprint density at radius 2 is 2.20 bits per heavy atom. The van der Waals surface area contributed by atoms with Crippen LogP contribution in [-0.2, 0) is 0 Å². The van der Waals surface area contributed by atoms with Gasteiger partial charge >= 0.3 is 0 Å². The first-order valence-corrected chi connectivity index (χ1v) is 7.02. The molecule has 0 radical (unpaired) electrons. The van der Waals surface area contributed by atoms with Crippen molar-refractivity contribution >= 4 is 16.9 Å². The van der Waals surface area contributed by atoms with Crippen LogP contribution in [0.15, 0.2) is 4.99 Å². The predicted octanol–water partition coefficient (Wildman–Crippen LogP) is 3.28. The minimum Gasteiger partial charge on any atom is -0.362 e. The topological polar surface area (TPSA) is 24.4 Å². The molecule has 2 unspecified atom stereocenters. The molecule has 1 aliphatic rings. The standard InChI is InChI=1S/C12H24N2S/c1-5-7-10(6-2)14-12-13-8-11(15-12)9(3)4/h9-11H,5-8H2,1-4H3,(H,13,14). The number of nitrogens with zero attached hydrogens (tertiary/aromatic N) is 1. The summed E-state index contributed by atoms with van der Waals surface area (Å²) >= 11 is 1.93. The molecule has 0 aromatic rings. The number of aliphatic imine (C=N–C) groups is 1. The Morgan fingerprint density at radius 1 is 1.47 bits per heavy atom. The average molecular weight is 228 g/mol. The van der Waals surface area contributed by atoms with Gasteiger partial charge in [0.05, 0.1) is 6.54 Å². The molecular weight excluding hydrogens is 204 g/mol. The summed E-state index contributed by atoms with van der Waals surface area (Å²) in [6.07, 6.45) is 3.69. The van der Waals surface area contributed by atoms with Gasteiger partial charge in [0.1, 0.15) is 0 Å². The largest absolute Gasteiger partial charge is 0.362 e. The van der Waals surface area contributed by atoms with Crippen molar-refractivity contribution in [2.24, 2.45) is 10.9 Å². The van der Waals surface area contributed by atoms with Gasteiger partial charge in [-0.25, -0.2) is 0 Å². The average Bonchev–Trinajstić information content (AvgIpc) is 2.65. The summed E-state index contributed by atoms with van der Waals surface area (Å²) in [7, 11) is 0. The van der Waals surface area contributed by atoms with Crippen molar-refractivity contribution in [2.75, 3.05) is 6.54 Å². The van der Waals surface area contributed by atoms with Crippen LogP contribution in [0.25, 0.3) is 0 Å². The molecule has 2 nitrogen and oxygen atoms in total. The van der Waals surface area contributed by atoms with Crippen LogP contribution >= 0.6 is 11.8 Å². The van der Waals surface area contributed by atoms with Crippen LogP contribution in [-0.4, -0.2) is 23.0 Å². The quantitative estimate of drug-likeness (QED) is 0.781.